The monoisotopic (exact) mass is 400 g/mol. The van der Waals surface area contributed by atoms with Gasteiger partial charge in [0, 0.05) is 12.5 Å². The summed E-state index contributed by atoms with van der Waals surface area (Å²) in [4.78, 5) is 16.3. The molecule has 1 N–H and O–H groups in total. The van der Waals surface area contributed by atoms with Gasteiger partial charge in [0.2, 0.25) is 5.91 Å². The van der Waals surface area contributed by atoms with E-state index in [1.807, 2.05) is 24.3 Å². The number of carbonyl (C=O) groups is 1. The summed E-state index contributed by atoms with van der Waals surface area (Å²) >= 11 is 0. The van der Waals surface area contributed by atoms with Crippen molar-refractivity contribution in [3.05, 3.63) is 83.4 Å². The molecule has 1 aliphatic rings. The van der Waals surface area contributed by atoms with Gasteiger partial charge >= 0.3 is 6.18 Å². The molecule has 0 bridgehead atoms. The van der Waals surface area contributed by atoms with Crippen molar-refractivity contribution in [2.45, 2.75) is 31.6 Å². The summed E-state index contributed by atoms with van der Waals surface area (Å²) < 4.78 is 39.7. The summed E-state index contributed by atoms with van der Waals surface area (Å²) in [5.41, 5.74) is 2.16. The van der Waals surface area contributed by atoms with E-state index < -0.39 is 11.7 Å². The van der Waals surface area contributed by atoms with E-state index in [1.165, 1.54) is 18.5 Å². The number of aromatic nitrogens is 3. The van der Waals surface area contributed by atoms with Crippen molar-refractivity contribution in [3.63, 3.8) is 0 Å². The lowest BCUT2D eigenvalue weighted by Gasteiger charge is -2.08. The molecule has 1 saturated carbocycles. The second-order valence-corrected chi connectivity index (χ2v) is 7.20. The highest BCUT2D eigenvalue weighted by Crippen LogP contribution is 2.48. The van der Waals surface area contributed by atoms with Gasteiger partial charge in [0.15, 0.2) is 0 Å². The van der Waals surface area contributed by atoms with Crippen LogP contribution in [-0.4, -0.2) is 20.7 Å². The van der Waals surface area contributed by atoms with Crippen LogP contribution in [-0.2, 0) is 24.1 Å². The Morgan fingerprint density at radius 2 is 1.76 bits per heavy atom. The van der Waals surface area contributed by atoms with E-state index in [2.05, 4.69) is 15.4 Å². The second kappa shape index (κ2) is 7.69. The van der Waals surface area contributed by atoms with Gasteiger partial charge in [0.25, 0.3) is 0 Å². The van der Waals surface area contributed by atoms with Crippen LogP contribution in [0.4, 0.5) is 13.2 Å². The third-order valence-electron chi connectivity index (χ3n) is 5.09. The molecule has 150 valence electrons. The molecule has 29 heavy (non-hydrogen) atoms. The highest BCUT2D eigenvalue weighted by Gasteiger charge is 2.44. The normalized spacial score (nSPS) is 18.4. The Labute approximate surface area is 165 Å². The Morgan fingerprint density at radius 3 is 2.38 bits per heavy atom. The predicted octanol–water partition coefficient (Wildman–Crippen LogP) is 3.77. The number of carbonyl (C=O) groups excluding carboxylic acids is 1. The molecule has 0 spiro atoms. The van der Waals surface area contributed by atoms with Crippen molar-refractivity contribution < 1.29 is 18.0 Å². The van der Waals surface area contributed by atoms with Crippen LogP contribution in [0.5, 0.6) is 0 Å². The van der Waals surface area contributed by atoms with Crippen LogP contribution < -0.4 is 5.32 Å². The Balaban J connectivity index is 1.27. The molecule has 1 fully saturated rings. The molecular weight excluding hydrogens is 381 g/mol. The summed E-state index contributed by atoms with van der Waals surface area (Å²) in [5.74, 6) is -0.262. The molecular formula is C21H19F3N4O. The Bertz CT molecular complexity index is 967. The molecule has 4 rings (SSSR count). The number of alkyl halides is 3. The molecule has 2 aromatic carbocycles. The zero-order chi connectivity index (χ0) is 20.4. The number of amides is 1. The largest absolute Gasteiger partial charge is 0.416 e. The van der Waals surface area contributed by atoms with Crippen LogP contribution in [0.3, 0.4) is 0 Å². The van der Waals surface area contributed by atoms with Crippen LogP contribution in [0.2, 0.25) is 0 Å². The van der Waals surface area contributed by atoms with E-state index in [9.17, 15) is 18.0 Å². The molecule has 3 aromatic rings. The Kier molecular flexibility index (Phi) is 5.08. The molecule has 8 heteroatoms. The van der Waals surface area contributed by atoms with Gasteiger partial charge in [-0.05, 0) is 41.2 Å². The van der Waals surface area contributed by atoms with Gasteiger partial charge in [-0.1, -0.05) is 36.4 Å². The van der Waals surface area contributed by atoms with E-state index in [1.54, 1.807) is 11.0 Å². The van der Waals surface area contributed by atoms with E-state index in [4.69, 9.17) is 0 Å². The fourth-order valence-electron chi connectivity index (χ4n) is 3.36. The van der Waals surface area contributed by atoms with Crippen molar-refractivity contribution >= 4 is 5.91 Å². The zero-order valence-corrected chi connectivity index (χ0v) is 15.4. The molecule has 2 unspecified atom stereocenters. The summed E-state index contributed by atoms with van der Waals surface area (Å²) in [6, 6.07) is 12.9. The summed E-state index contributed by atoms with van der Waals surface area (Å²) in [7, 11) is 0. The molecule has 1 amide bonds. The van der Waals surface area contributed by atoms with Crippen LogP contribution in [0, 0.1) is 5.92 Å². The van der Waals surface area contributed by atoms with Crippen LogP contribution in [0.15, 0.2) is 61.2 Å². The third kappa shape index (κ3) is 4.64. The molecule has 1 aliphatic carbocycles. The standard InChI is InChI=1S/C21H19F3N4O/c22-21(23,24)17-7-5-16(6-8-17)18-9-19(18)20(29)26-10-14-1-3-15(4-2-14)11-28-13-25-12-27-28/h1-8,12-13,18-19H,9-11H2,(H,26,29). The highest BCUT2D eigenvalue weighted by molar-refractivity contribution is 5.82. The maximum absolute atomic E-state index is 12.7. The lowest BCUT2D eigenvalue weighted by molar-refractivity contribution is -0.137. The van der Waals surface area contributed by atoms with Crippen LogP contribution in [0.1, 0.15) is 34.6 Å². The maximum atomic E-state index is 12.7. The first-order chi connectivity index (χ1) is 13.9. The Morgan fingerprint density at radius 1 is 1.07 bits per heavy atom. The summed E-state index contributed by atoms with van der Waals surface area (Å²) in [6.07, 6.45) is -0.547. The lowest BCUT2D eigenvalue weighted by Crippen LogP contribution is -2.24. The van der Waals surface area contributed by atoms with Gasteiger partial charge in [0.05, 0.1) is 12.1 Å². The Hall–Kier alpha value is -3.16. The quantitative estimate of drug-likeness (QED) is 0.685. The number of rotatable bonds is 6. The molecule has 2 atom stereocenters. The lowest BCUT2D eigenvalue weighted by atomic mass is 10.1. The minimum atomic E-state index is -4.34. The van der Waals surface area contributed by atoms with Crippen LogP contribution >= 0.6 is 0 Å². The maximum Gasteiger partial charge on any atom is 0.416 e. The molecule has 0 saturated heterocycles. The topological polar surface area (TPSA) is 59.8 Å². The number of benzene rings is 2. The molecule has 1 heterocycles. The number of hydrogen-bond acceptors (Lipinski definition) is 3. The second-order valence-electron chi connectivity index (χ2n) is 7.20. The fourth-order valence-corrected chi connectivity index (χ4v) is 3.36. The first-order valence-corrected chi connectivity index (χ1v) is 9.25. The minimum Gasteiger partial charge on any atom is -0.352 e. The highest BCUT2D eigenvalue weighted by atomic mass is 19.4. The number of halogens is 3. The van der Waals surface area contributed by atoms with E-state index >= 15 is 0 Å². The fraction of sp³-hybridized carbons (Fsp3) is 0.286. The molecule has 0 radical (unpaired) electrons. The van der Waals surface area contributed by atoms with Gasteiger partial charge < -0.3 is 5.32 Å². The average Bonchev–Trinajstić information content (AvgIpc) is 3.35. The van der Waals surface area contributed by atoms with Gasteiger partial charge in [-0.15, -0.1) is 0 Å². The van der Waals surface area contributed by atoms with Gasteiger partial charge in [0.1, 0.15) is 12.7 Å². The number of nitrogens with one attached hydrogen (secondary N) is 1. The van der Waals surface area contributed by atoms with Gasteiger partial charge in [-0.2, -0.15) is 18.3 Å². The third-order valence-corrected chi connectivity index (χ3v) is 5.09. The molecule has 5 nitrogen and oxygen atoms in total. The van der Waals surface area contributed by atoms with E-state index in [0.29, 0.717) is 19.5 Å². The van der Waals surface area contributed by atoms with Crippen molar-refractivity contribution in [2.75, 3.05) is 0 Å². The van der Waals surface area contributed by atoms with Gasteiger partial charge in [-0.25, -0.2) is 9.67 Å². The summed E-state index contributed by atoms with van der Waals surface area (Å²) in [5, 5.41) is 6.98. The summed E-state index contributed by atoms with van der Waals surface area (Å²) in [6.45, 7) is 1.04. The average molecular weight is 400 g/mol. The smallest absolute Gasteiger partial charge is 0.352 e. The van der Waals surface area contributed by atoms with Gasteiger partial charge in [-0.3, -0.25) is 4.79 Å². The predicted molar refractivity (Wildman–Crippen MR) is 99.7 cm³/mol. The zero-order valence-electron chi connectivity index (χ0n) is 15.4. The molecule has 0 aliphatic heterocycles. The van der Waals surface area contributed by atoms with E-state index in [0.717, 1.165) is 28.8 Å². The first kappa shape index (κ1) is 19.2. The first-order valence-electron chi connectivity index (χ1n) is 9.25. The van der Waals surface area contributed by atoms with Crippen molar-refractivity contribution in [3.8, 4) is 0 Å². The number of hydrogen-bond donors (Lipinski definition) is 1. The number of nitrogens with zero attached hydrogens (tertiary/aromatic N) is 3. The van der Waals surface area contributed by atoms with Crippen molar-refractivity contribution in [1.82, 2.24) is 20.1 Å². The van der Waals surface area contributed by atoms with Crippen molar-refractivity contribution in [2.24, 2.45) is 5.92 Å². The minimum absolute atomic E-state index is 0.0117. The SMILES string of the molecule is O=C(NCc1ccc(Cn2cncn2)cc1)C1CC1c1ccc(C(F)(F)F)cc1. The van der Waals surface area contributed by atoms with Crippen molar-refractivity contribution in [1.29, 1.82) is 0 Å². The molecule has 1 aromatic heterocycles. The van der Waals surface area contributed by atoms with Crippen LogP contribution in [0.25, 0.3) is 0 Å². The van der Waals surface area contributed by atoms with E-state index in [-0.39, 0.29) is 17.7 Å².